The molecule has 0 saturated heterocycles. The van der Waals surface area contributed by atoms with E-state index in [9.17, 15) is 14.4 Å². The summed E-state index contributed by atoms with van der Waals surface area (Å²) in [7, 11) is 0. The van der Waals surface area contributed by atoms with Crippen molar-refractivity contribution in [2.24, 2.45) is 11.8 Å². The number of carbonyl (C=O) groups excluding carboxylic acids is 3. The van der Waals surface area contributed by atoms with E-state index in [1.165, 1.54) is 11.6 Å². The number of Topliss-reactive ketones (excluding diaryl/α,β-unsaturated/α-hetero) is 1. The minimum absolute atomic E-state index is 0.0220. The molecule has 0 spiro atoms. The first kappa shape index (κ1) is 25.9. The van der Waals surface area contributed by atoms with Crippen LogP contribution in [0.25, 0.3) is 10.2 Å². The highest BCUT2D eigenvalue weighted by molar-refractivity contribution is 7.18. The Morgan fingerprint density at radius 3 is 2.59 bits per heavy atom. The number of thiazole rings is 1. The molecule has 0 radical (unpaired) electrons. The fourth-order valence-corrected chi connectivity index (χ4v) is 4.81. The number of amides is 1. The van der Waals surface area contributed by atoms with Crippen LogP contribution in [-0.4, -0.2) is 28.5 Å². The lowest BCUT2D eigenvalue weighted by Crippen LogP contribution is -2.43. The summed E-state index contributed by atoms with van der Waals surface area (Å²) < 4.78 is 1.11. The Morgan fingerprint density at radius 1 is 1.22 bits per heavy atom. The zero-order chi connectivity index (χ0) is 23.7. The van der Waals surface area contributed by atoms with Gasteiger partial charge in [0.15, 0.2) is 5.78 Å². The van der Waals surface area contributed by atoms with Crippen molar-refractivity contribution in [2.45, 2.75) is 78.7 Å². The molecular formula is C26H36N2O3S. The lowest BCUT2D eigenvalue weighted by Gasteiger charge is -2.26. The standard InChI is InChI=1S/C26H36N2O3S/c1-6-17(5)22(13-11-20(29)8-3)28-26(31)19(15-21(30)9-4)16-25-27-23-12-10-18(7-2)14-24(23)32-25/h8,10,12,14,17,19,22H,3,6-7,9,11,13,15-16H2,1-2,4-5H3,(H,28,31)/t17-,19-,22+/m0/s1. The second kappa shape index (κ2) is 12.6. The van der Waals surface area contributed by atoms with Crippen LogP contribution in [0.2, 0.25) is 0 Å². The van der Waals surface area contributed by atoms with Gasteiger partial charge in [-0.25, -0.2) is 4.98 Å². The van der Waals surface area contributed by atoms with E-state index in [1.54, 1.807) is 11.3 Å². The fourth-order valence-electron chi connectivity index (χ4n) is 3.70. The number of carbonyl (C=O) groups is 3. The molecule has 1 aromatic carbocycles. The first-order chi connectivity index (χ1) is 15.3. The molecule has 1 amide bonds. The highest BCUT2D eigenvalue weighted by Crippen LogP contribution is 2.27. The van der Waals surface area contributed by atoms with E-state index in [4.69, 9.17) is 4.98 Å². The summed E-state index contributed by atoms with van der Waals surface area (Å²) in [4.78, 5) is 42.0. The lowest BCUT2D eigenvalue weighted by atomic mass is 9.91. The van der Waals surface area contributed by atoms with Crippen LogP contribution >= 0.6 is 11.3 Å². The molecule has 0 aliphatic heterocycles. The molecule has 6 heteroatoms. The smallest absolute Gasteiger partial charge is 0.224 e. The third-order valence-corrected chi connectivity index (χ3v) is 7.19. The average molecular weight is 457 g/mol. The van der Waals surface area contributed by atoms with Gasteiger partial charge in [0.25, 0.3) is 0 Å². The summed E-state index contributed by atoms with van der Waals surface area (Å²) in [5.74, 6) is -0.311. The van der Waals surface area contributed by atoms with Crippen LogP contribution in [-0.2, 0) is 27.2 Å². The minimum Gasteiger partial charge on any atom is -0.353 e. The van der Waals surface area contributed by atoms with Gasteiger partial charge in [-0.3, -0.25) is 14.4 Å². The van der Waals surface area contributed by atoms with Crippen molar-refractivity contribution in [3.63, 3.8) is 0 Å². The third-order valence-electron chi connectivity index (χ3n) is 6.15. The van der Waals surface area contributed by atoms with Gasteiger partial charge in [-0.15, -0.1) is 11.3 Å². The quantitative estimate of drug-likeness (QED) is 0.383. The molecule has 5 nitrogen and oxygen atoms in total. The Hall–Kier alpha value is -2.34. The van der Waals surface area contributed by atoms with Gasteiger partial charge < -0.3 is 5.32 Å². The van der Waals surface area contributed by atoms with E-state index in [0.29, 0.717) is 25.7 Å². The van der Waals surface area contributed by atoms with Crippen LogP contribution in [0.3, 0.4) is 0 Å². The topological polar surface area (TPSA) is 76.1 Å². The Bertz CT molecular complexity index is 950. The largest absolute Gasteiger partial charge is 0.353 e. The molecule has 174 valence electrons. The zero-order valence-corrected chi connectivity index (χ0v) is 20.6. The molecule has 32 heavy (non-hydrogen) atoms. The van der Waals surface area contributed by atoms with Crippen molar-refractivity contribution in [1.29, 1.82) is 0 Å². The van der Waals surface area contributed by atoms with Gasteiger partial charge in [0.1, 0.15) is 5.78 Å². The Kier molecular flexibility index (Phi) is 10.2. The van der Waals surface area contributed by atoms with Crippen molar-refractivity contribution in [2.75, 3.05) is 0 Å². The number of rotatable bonds is 14. The predicted molar refractivity (Wildman–Crippen MR) is 132 cm³/mol. The third kappa shape index (κ3) is 7.37. The summed E-state index contributed by atoms with van der Waals surface area (Å²) in [5.41, 5.74) is 2.19. The van der Waals surface area contributed by atoms with E-state index < -0.39 is 5.92 Å². The predicted octanol–water partition coefficient (Wildman–Crippen LogP) is 5.45. The molecule has 0 aliphatic rings. The highest BCUT2D eigenvalue weighted by Gasteiger charge is 2.27. The molecule has 2 aromatic rings. The Labute approximate surface area is 195 Å². The van der Waals surface area contributed by atoms with Crippen molar-refractivity contribution >= 4 is 39.0 Å². The molecule has 1 aromatic heterocycles. The molecule has 0 saturated carbocycles. The van der Waals surface area contributed by atoms with E-state index in [2.05, 4.69) is 44.8 Å². The second-order valence-corrected chi connectivity index (χ2v) is 9.59. The SMILES string of the molecule is C=CC(=O)CC[C@@H](NC(=O)[C@@H](CC(=O)CC)Cc1nc2ccc(CC)cc2s1)[C@@H](C)CC. The van der Waals surface area contributed by atoms with Crippen LogP contribution in [0, 0.1) is 11.8 Å². The van der Waals surface area contributed by atoms with E-state index >= 15 is 0 Å². The maximum Gasteiger partial charge on any atom is 0.224 e. The number of nitrogens with zero attached hydrogens (tertiary/aromatic N) is 1. The maximum atomic E-state index is 13.3. The number of hydrogen-bond acceptors (Lipinski definition) is 5. The molecule has 2 rings (SSSR count). The molecule has 0 fully saturated rings. The summed E-state index contributed by atoms with van der Waals surface area (Å²) in [6, 6.07) is 6.14. The monoisotopic (exact) mass is 456 g/mol. The maximum absolute atomic E-state index is 13.3. The lowest BCUT2D eigenvalue weighted by molar-refractivity contribution is -0.130. The Morgan fingerprint density at radius 2 is 1.97 bits per heavy atom. The Balaban J connectivity index is 2.20. The highest BCUT2D eigenvalue weighted by atomic mass is 32.1. The van der Waals surface area contributed by atoms with Crippen LogP contribution in [0.15, 0.2) is 30.9 Å². The minimum atomic E-state index is -0.463. The van der Waals surface area contributed by atoms with Crippen molar-refractivity contribution in [3.05, 3.63) is 41.4 Å². The summed E-state index contributed by atoms with van der Waals surface area (Å²) in [6.07, 6.45) is 5.17. The summed E-state index contributed by atoms with van der Waals surface area (Å²) in [6.45, 7) is 11.6. The second-order valence-electron chi connectivity index (χ2n) is 8.47. The van der Waals surface area contributed by atoms with Crippen molar-refractivity contribution < 1.29 is 14.4 Å². The average Bonchev–Trinajstić information content (AvgIpc) is 3.21. The number of fused-ring (bicyclic) bond motifs is 1. The van der Waals surface area contributed by atoms with Crippen LogP contribution in [0.1, 0.15) is 70.4 Å². The fraction of sp³-hybridized carbons (Fsp3) is 0.538. The number of nitrogens with one attached hydrogen (secondary N) is 1. The number of ketones is 2. The molecule has 3 atom stereocenters. The summed E-state index contributed by atoms with van der Waals surface area (Å²) in [5, 5.41) is 4.02. The van der Waals surface area contributed by atoms with Crippen LogP contribution in [0.5, 0.6) is 0 Å². The molecule has 1 heterocycles. The zero-order valence-electron chi connectivity index (χ0n) is 19.8. The van der Waals surface area contributed by atoms with Gasteiger partial charge in [-0.05, 0) is 42.5 Å². The van der Waals surface area contributed by atoms with Gasteiger partial charge in [0, 0.05) is 31.7 Å². The van der Waals surface area contributed by atoms with Crippen LogP contribution < -0.4 is 5.32 Å². The van der Waals surface area contributed by atoms with Gasteiger partial charge >= 0.3 is 0 Å². The van der Waals surface area contributed by atoms with Gasteiger partial charge in [-0.1, -0.05) is 46.8 Å². The normalized spacial score (nSPS) is 14.0. The number of benzene rings is 1. The van der Waals surface area contributed by atoms with E-state index in [1.807, 2.05) is 13.0 Å². The molecule has 0 aliphatic carbocycles. The van der Waals surface area contributed by atoms with Crippen molar-refractivity contribution in [1.82, 2.24) is 10.3 Å². The molecule has 0 bridgehead atoms. The number of allylic oxidation sites excluding steroid dienone is 1. The molecular weight excluding hydrogens is 420 g/mol. The summed E-state index contributed by atoms with van der Waals surface area (Å²) >= 11 is 1.60. The first-order valence-corrected chi connectivity index (χ1v) is 12.5. The molecule has 1 N–H and O–H groups in total. The number of aryl methyl sites for hydroxylation is 1. The van der Waals surface area contributed by atoms with Gasteiger partial charge in [0.2, 0.25) is 5.91 Å². The molecule has 0 unspecified atom stereocenters. The van der Waals surface area contributed by atoms with Crippen LogP contribution in [0.4, 0.5) is 0 Å². The number of hydrogen-bond donors (Lipinski definition) is 1. The number of aromatic nitrogens is 1. The van der Waals surface area contributed by atoms with Gasteiger partial charge in [0.05, 0.1) is 21.1 Å². The van der Waals surface area contributed by atoms with E-state index in [0.717, 1.165) is 28.1 Å². The van der Waals surface area contributed by atoms with Crippen molar-refractivity contribution in [3.8, 4) is 0 Å². The van der Waals surface area contributed by atoms with E-state index in [-0.39, 0.29) is 35.9 Å². The first-order valence-electron chi connectivity index (χ1n) is 11.7. The van der Waals surface area contributed by atoms with Gasteiger partial charge in [-0.2, -0.15) is 0 Å².